The number of quaternary nitrogens is 1. The number of nitrogens with zero attached hydrogens (tertiary/aromatic N) is 3. The van der Waals surface area contributed by atoms with E-state index in [0.717, 1.165) is 65.2 Å². The largest absolute Gasteiger partial charge is 0.349 e. The Labute approximate surface area is 198 Å². The fraction of sp³-hybridized carbons (Fsp3) is 0.222. The molecule has 1 aliphatic carbocycles. The number of anilines is 1. The van der Waals surface area contributed by atoms with E-state index in [9.17, 15) is 4.79 Å². The molecule has 7 nitrogen and oxygen atoms in total. The maximum absolute atomic E-state index is 12.8. The maximum atomic E-state index is 12.8. The minimum absolute atomic E-state index is 0.0117. The lowest BCUT2D eigenvalue weighted by atomic mass is 9.79. The summed E-state index contributed by atoms with van der Waals surface area (Å²) in [7, 11) is 0. The zero-order valence-corrected chi connectivity index (χ0v) is 18.8. The molecule has 0 spiro atoms. The van der Waals surface area contributed by atoms with E-state index >= 15 is 0 Å². The number of aliphatic imine (C=N–C) groups is 2. The number of nitrogens with two attached hydrogens (primary N) is 1. The number of allylic oxidation sites excluding steroid dienone is 2. The summed E-state index contributed by atoms with van der Waals surface area (Å²) in [6, 6.07) is 19.9. The van der Waals surface area contributed by atoms with Crippen LogP contribution < -0.4 is 11.2 Å². The molecule has 2 aromatic carbocycles. The highest BCUT2D eigenvalue weighted by Gasteiger charge is 2.47. The third-order valence-electron chi connectivity index (χ3n) is 7.12. The molecule has 1 fully saturated rings. The molecule has 0 radical (unpaired) electrons. The van der Waals surface area contributed by atoms with Crippen LogP contribution in [-0.2, 0) is 4.79 Å². The van der Waals surface area contributed by atoms with E-state index < -0.39 is 0 Å². The van der Waals surface area contributed by atoms with Gasteiger partial charge in [-0.05, 0) is 49.9 Å². The minimum atomic E-state index is 0.0117. The van der Waals surface area contributed by atoms with Crippen LogP contribution in [0.15, 0.2) is 94.4 Å². The number of rotatable bonds is 4. The van der Waals surface area contributed by atoms with Crippen molar-refractivity contribution in [3.63, 3.8) is 0 Å². The zero-order chi connectivity index (χ0) is 23.1. The number of carbonyl (C=O) groups is 1. The smallest absolute Gasteiger partial charge is 0.281 e. The van der Waals surface area contributed by atoms with E-state index in [2.05, 4.69) is 33.5 Å². The molecule has 7 heteroatoms. The van der Waals surface area contributed by atoms with E-state index in [1.807, 2.05) is 54.9 Å². The summed E-state index contributed by atoms with van der Waals surface area (Å²) in [5, 5.41) is 4.18. The van der Waals surface area contributed by atoms with Crippen LogP contribution in [0, 0.1) is 11.8 Å². The Morgan fingerprint density at radius 3 is 2.59 bits per heavy atom. The lowest BCUT2D eigenvalue weighted by Crippen LogP contribution is -2.53. The molecule has 1 unspecified atom stereocenters. The topological polar surface area (TPSA) is 95.6 Å². The van der Waals surface area contributed by atoms with Gasteiger partial charge >= 0.3 is 0 Å². The van der Waals surface area contributed by atoms with Crippen molar-refractivity contribution in [3.8, 4) is 0 Å². The van der Waals surface area contributed by atoms with Crippen LogP contribution in [0.3, 0.4) is 0 Å². The van der Waals surface area contributed by atoms with Crippen LogP contribution in [0.2, 0.25) is 0 Å². The van der Waals surface area contributed by atoms with Crippen molar-refractivity contribution in [2.75, 3.05) is 5.32 Å². The quantitative estimate of drug-likeness (QED) is 0.391. The van der Waals surface area contributed by atoms with Gasteiger partial charge in [0.05, 0.1) is 12.4 Å². The van der Waals surface area contributed by atoms with Gasteiger partial charge in [-0.3, -0.25) is 9.79 Å². The first kappa shape index (κ1) is 20.8. The van der Waals surface area contributed by atoms with E-state index in [1.165, 1.54) is 0 Å². The van der Waals surface area contributed by atoms with E-state index in [4.69, 9.17) is 10.8 Å². The Bertz CT molecular complexity index is 1340. The lowest BCUT2D eigenvalue weighted by Gasteiger charge is -2.29. The molecule has 1 atom stereocenters. The molecule has 1 saturated carbocycles. The molecule has 2 aliphatic heterocycles. The average molecular weight is 452 g/mol. The normalized spacial score (nSPS) is 26.0. The predicted octanol–water partition coefficient (Wildman–Crippen LogP) is 4.83. The molecule has 170 valence electrons. The fourth-order valence-electron chi connectivity index (χ4n) is 5.28. The molecule has 0 saturated heterocycles. The highest BCUT2D eigenvalue weighted by Crippen LogP contribution is 2.41. The van der Waals surface area contributed by atoms with Crippen LogP contribution in [0.5, 0.6) is 0 Å². The summed E-state index contributed by atoms with van der Waals surface area (Å²) >= 11 is 0. The van der Waals surface area contributed by atoms with Gasteiger partial charge < -0.3 is 10.3 Å². The summed E-state index contributed by atoms with van der Waals surface area (Å²) in [5.74, 6) is 8.04. The number of H-pyrrole nitrogens is 1. The van der Waals surface area contributed by atoms with Crippen molar-refractivity contribution in [1.82, 2.24) is 4.98 Å². The summed E-state index contributed by atoms with van der Waals surface area (Å²) in [6.45, 7) is 0. The third-order valence-corrected chi connectivity index (χ3v) is 7.12. The molecular formula is C27H27N6O+. The predicted molar refractivity (Wildman–Crippen MR) is 134 cm³/mol. The van der Waals surface area contributed by atoms with Gasteiger partial charge in [0.1, 0.15) is 17.6 Å². The minimum Gasteiger partial charge on any atom is -0.349 e. The zero-order valence-electron chi connectivity index (χ0n) is 18.8. The van der Waals surface area contributed by atoms with Crippen molar-refractivity contribution in [2.45, 2.75) is 25.7 Å². The van der Waals surface area contributed by atoms with E-state index in [1.54, 1.807) is 6.20 Å². The van der Waals surface area contributed by atoms with Gasteiger partial charge in [-0.1, -0.05) is 36.4 Å². The van der Waals surface area contributed by atoms with E-state index in [-0.39, 0.29) is 22.3 Å². The monoisotopic (exact) mass is 451 g/mol. The number of nitrogens with one attached hydrogen (secondary N) is 2. The molecular weight excluding hydrogens is 424 g/mol. The number of carbonyl (C=O) groups excluding carboxylic acids is 1. The number of hydrogen-bond donors (Lipinski definition) is 3. The van der Waals surface area contributed by atoms with Crippen molar-refractivity contribution in [2.24, 2.45) is 27.7 Å². The van der Waals surface area contributed by atoms with Gasteiger partial charge in [-0.15, -0.1) is 4.59 Å². The molecule has 4 N–H and O–H groups in total. The van der Waals surface area contributed by atoms with Gasteiger partial charge in [-0.2, -0.15) is 10.8 Å². The summed E-state index contributed by atoms with van der Waals surface area (Å²) in [6.07, 6.45) is 8.90. The molecule has 1 amide bonds. The van der Waals surface area contributed by atoms with Gasteiger partial charge in [-0.25, -0.2) is 0 Å². The van der Waals surface area contributed by atoms with Crippen LogP contribution in [0.4, 0.5) is 5.69 Å². The molecule has 1 aromatic heterocycles. The SMILES string of the molecule is N[N+]12C=CN=CC1=C(C1CCC(C(=O)Nc3ccccc3)CC1)N=C2c1cc2ccccc2[nH]1. The summed E-state index contributed by atoms with van der Waals surface area (Å²) in [5.41, 5.74) is 4.71. The highest BCUT2D eigenvalue weighted by atomic mass is 16.1. The second-order valence-electron chi connectivity index (χ2n) is 9.23. The summed E-state index contributed by atoms with van der Waals surface area (Å²) in [4.78, 5) is 25.7. The van der Waals surface area contributed by atoms with Gasteiger partial charge in [0, 0.05) is 28.4 Å². The average Bonchev–Trinajstić information content (AvgIpc) is 3.43. The number of aromatic amines is 1. The van der Waals surface area contributed by atoms with Gasteiger partial charge in [0.25, 0.3) is 5.84 Å². The Morgan fingerprint density at radius 1 is 1.03 bits per heavy atom. The molecule has 0 bridgehead atoms. The number of fused-ring (bicyclic) bond motifs is 2. The molecule has 3 heterocycles. The number of amides is 1. The van der Waals surface area contributed by atoms with Crippen LogP contribution in [0.25, 0.3) is 10.9 Å². The van der Waals surface area contributed by atoms with Gasteiger partial charge in [0.15, 0.2) is 0 Å². The first-order chi connectivity index (χ1) is 16.6. The lowest BCUT2D eigenvalue weighted by molar-refractivity contribution is -0.750. The first-order valence-corrected chi connectivity index (χ1v) is 11.8. The van der Waals surface area contributed by atoms with Crippen molar-refractivity contribution in [3.05, 3.63) is 90.2 Å². The van der Waals surface area contributed by atoms with Crippen LogP contribution in [-0.4, -0.2) is 27.5 Å². The molecule has 34 heavy (non-hydrogen) atoms. The number of benzene rings is 2. The Kier molecular flexibility index (Phi) is 5.01. The molecule has 3 aromatic rings. The Balaban J connectivity index is 1.24. The Morgan fingerprint density at radius 2 is 1.79 bits per heavy atom. The first-order valence-electron chi connectivity index (χ1n) is 11.8. The number of aromatic nitrogens is 1. The third kappa shape index (κ3) is 3.50. The molecule has 3 aliphatic rings. The number of para-hydroxylation sites is 2. The Hall–Kier alpha value is -3.81. The standard InChI is InChI=1S/C27H26N6O/c28-33-15-14-29-17-24(33)25(32-26(33)23-16-20-6-4-5-9-22(20)31-23)18-10-12-19(13-11-18)27(34)30-21-7-2-1-3-8-21/h1-9,14-19H,10-13,28H2,(H-,29,30,31,32,34)/p+1. The van der Waals surface area contributed by atoms with Crippen molar-refractivity contribution in [1.29, 1.82) is 0 Å². The second-order valence-corrected chi connectivity index (χ2v) is 9.23. The van der Waals surface area contributed by atoms with Gasteiger partial charge in [0.2, 0.25) is 11.6 Å². The van der Waals surface area contributed by atoms with Crippen molar-refractivity contribution >= 4 is 34.5 Å². The fourth-order valence-corrected chi connectivity index (χ4v) is 5.28. The van der Waals surface area contributed by atoms with Crippen LogP contribution in [0.1, 0.15) is 31.4 Å². The number of hydrogen-bond acceptors (Lipinski definition) is 4. The summed E-state index contributed by atoms with van der Waals surface area (Å²) < 4.78 is 0.0140. The maximum Gasteiger partial charge on any atom is 0.281 e. The number of amidine groups is 1. The molecule has 6 rings (SSSR count). The van der Waals surface area contributed by atoms with Crippen LogP contribution >= 0.6 is 0 Å². The highest BCUT2D eigenvalue weighted by molar-refractivity contribution is 6.02. The van der Waals surface area contributed by atoms with Crippen molar-refractivity contribution < 1.29 is 9.39 Å². The second kappa shape index (κ2) is 8.20. The van der Waals surface area contributed by atoms with E-state index in [0.29, 0.717) is 0 Å².